The minimum atomic E-state index is -0.309. The van der Waals surface area contributed by atoms with Gasteiger partial charge in [0.15, 0.2) is 0 Å². The van der Waals surface area contributed by atoms with Crippen LogP contribution >= 0.6 is 0 Å². The summed E-state index contributed by atoms with van der Waals surface area (Å²) < 4.78 is 0. The van der Waals surface area contributed by atoms with Crippen molar-refractivity contribution in [3.8, 4) is 6.07 Å². The average Bonchev–Trinajstić information content (AvgIpc) is 2.78. The molecule has 1 aliphatic carbocycles. The van der Waals surface area contributed by atoms with E-state index >= 15 is 0 Å². The van der Waals surface area contributed by atoms with Crippen LogP contribution in [0.25, 0.3) is 0 Å². The van der Waals surface area contributed by atoms with Crippen molar-refractivity contribution in [3.63, 3.8) is 0 Å². The molecule has 0 amide bonds. The van der Waals surface area contributed by atoms with E-state index in [0.29, 0.717) is 0 Å². The molecule has 0 fully saturated rings. The summed E-state index contributed by atoms with van der Waals surface area (Å²) in [5, 5.41) is 9.41. The third-order valence-electron chi connectivity index (χ3n) is 3.62. The highest BCUT2D eigenvalue weighted by Crippen LogP contribution is 2.37. The normalized spacial score (nSPS) is 18.0. The van der Waals surface area contributed by atoms with Crippen LogP contribution in [0.1, 0.15) is 44.7 Å². The van der Waals surface area contributed by atoms with E-state index in [4.69, 9.17) is 0 Å². The number of benzene rings is 1. The first-order valence-corrected chi connectivity index (χ1v) is 6.15. The minimum absolute atomic E-state index is 0.173. The third kappa shape index (κ3) is 2.13. The Hall–Kier alpha value is -1.55. The molecule has 0 atom stereocenters. The highest BCUT2D eigenvalue weighted by Gasteiger charge is 2.33. The molecular formula is C16H19N. The topological polar surface area (TPSA) is 23.8 Å². The Morgan fingerprint density at radius 3 is 2.00 bits per heavy atom. The van der Waals surface area contributed by atoms with Gasteiger partial charge < -0.3 is 0 Å². The van der Waals surface area contributed by atoms with Crippen molar-refractivity contribution in [3.05, 3.63) is 47.5 Å². The third-order valence-corrected chi connectivity index (χ3v) is 3.62. The monoisotopic (exact) mass is 225 g/mol. The van der Waals surface area contributed by atoms with Crippen LogP contribution in [-0.2, 0) is 10.8 Å². The lowest BCUT2D eigenvalue weighted by Gasteiger charge is -2.24. The van der Waals surface area contributed by atoms with Gasteiger partial charge >= 0.3 is 0 Å². The molecule has 0 saturated heterocycles. The number of nitrogens with zero attached hydrogens (tertiary/aromatic N) is 1. The smallest absolute Gasteiger partial charge is 0.0890 e. The van der Waals surface area contributed by atoms with Crippen molar-refractivity contribution in [2.24, 2.45) is 0 Å². The van der Waals surface area contributed by atoms with Crippen LogP contribution < -0.4 is 0 Å². The summed E-state index contributed by atoms with van der Waals surface area (Å²) in [5.41, 5.74) is 2.33. The molecule has 1 aromatic carbocycles. The quantitative estimate of drug-likeness (QED) is 0.660. The average molecular weight is 225 g/mol. The summed E-state index contributed by atoms with van der Waals surface area (Å²) in [6.07, 6.45) is 5.92. The van der Waals surface area contributed by atoms with Gasteiger partial charge in [-0.1, -0.05) is 57.2 Å². The Morgan fingerprint density at radius 2 is 1.59 bits per heavy atom. The molecule has 1 aromatic rings. The fraction of sp³-hybridized carbons (Fsp3) is 0.438. The van der Waals surface area contributed by atoms with Crippen molar-refractivity contribution in [1.29, 1.82) is 5.26 Å². The van der Waals surface area contributed by atoms with Gasteiger partial charge in [0.2, 0.25) is 0 Å². The van der Waals surface area contributed by atoms with E-state index in [1.807, 2.05) is 0 Å². The molecule has 1 nitrogen and oxygen atoms in total. The molecule has 17 heavy (non-hydrogen) atoms. The number of nitriles is 1. The first-order chi connectivity index (χ1) is 7.98. The standard InChI is InChI=1S/C16H19N/c1-15(2,3)13-6-8-14(9-7-13)16(12-17)10-4-5-11-16/h4-9H,10-11H2,1-3H3. The molecule has 0 aliphatic heterocycles. The summed E-state index contributed by atoms with van der Waals surface area (Å²) in [6, 6.07) is 11.1. The van der Waals surface area contributed by atoms with Crippen LogP contribution in [0, 0.1) is 11.3 Å². The SMILES string of the molecule is CC(C)(C)c1ccc(C2(C#N)CC=CC2)cc1. The van der Waals surface area contributed by atoms with E-state index in [1.54, 1.807) is 0 Å². The van der Waals surface area contributed by atoms with E-state index in [2.05, 4.69) is 63.3 Å². The lowest BCUT2D eigenvalue weighted by Crippen LogP contribution is -2.20. The summed E-state index contributed by atoms with van der Waals surface area (Å²) in [4.78, 5) is 0. The molecule has 0 bridgehead atoms. The predicted molar refractivity (Wildman–Crippen MR) is 70.8 cm³/mol. The zero-order chi connectivity index (χ0) is 12.5. The van der Waals surface area contributed by atoms with Gasteiger partial charge in [-0.25, -0.2) is 0 Å². The summed E-state index contributed by atoms with van der Waals surface area (Å²) in [5.74, 6) is 0. The Morgan fingerprint density at radius 1 is 1.06 bits per heavy atom. The second-order valence-electron chi connectivity index (χ2n) is 5.90. The molecule has 2 rings (SSSR count). The molecule has 1 aliphatic rings. The maximum Gasteiger partial charge on any atom is 0.0890 e. The van der Waals surface area contributed by atoms with Crippen LogP contribution in [-0.4, -0.2) is 0 Å². The molecular weight excluding hydrogens is 206 g/mol. The highest BCUT2D eigenvalue weighted by molar-refractivity contribution is 5.39. The maximum atomic E-state index is 9.41. The lowest BCUT2D eigenvalue weighted by atomic mass is 9.78. The second kappa shape index (κ2) is 4.04. The van der Waals surface area contributed by atoms with Gasteiger partial charge in [-0.15, -0.1) is 0 Å². The molecule has 1 heteroatoms. The number of allylic oxidation sites excluding steroid dienone is 2. The number of hydrogen-bond acceptors (Lipinski definition) is 1. The van der Waals surface area contributed by atoms with Gasteiger partial charge in [0.25, 0.3) is 0 Å². The first-order valence-electron chi connectivity index (χ1n) is 6.15. The van der Waals surface area contributed by atoms with Crippen LogP contribution in [0.4, 0.5) is 0 Å². The Balaban J connectivity index is 2.33. The van der Waals surface area contributed by atoms with E-state index in [0.717, 1.165) is 18.4 Å². The minimum Gasteiger partial charge on any atom is -0.197 e. The van der Waals surface area contributed by atoms with E-state index < -0.39 is 0 Å². The van der Waals surface area contributed by atoms with E-state index in [9.17, 15) is 5.26 Å². The number of rotatable bonds is 1. The van der Waals surface area contributed by atoms with Crippen LogP contribution in [0.3, 0.4) is 0 Å². The number of hydrogen-bond donors (Lipinski definition) is 0. The molecule has 88 valence electrons. The van der Waals surface area contributed by atoms with Crippen molar-refractivity contribution in [2.75, 3.05) is 0 Å². The predicted octanol–water partition coefficient (Wildman–Crippen LogP) is 4.10. The van der Waals surface area contributed by atoms with Crippen LogP contribution in [0.5, 0.6) is 0 Å². The Bertz CT molecular complexity index is 458. The Labute approximate surface area is 104 Å². The maximum absolute atomic E-state index is 9.41. The fourth-order valence-corrected chi connectivity index (χ4v) is 2.33. The zero-order valence-electron chi connectivity index (χ0n) is 10.8. The molecule has 0 heterocycles. The van der Waals surface area contributed by atoms with Crippen molar-refractivity contribution < 1.29 is 0 Å². The van der Waals surface area contributed by atoms with Crippen LogP contribution in [0.15, 0.2) is 36.4 Å². The summed E-state index contributed by atoms with van der Waals surface area (Å²) >= 11 is 0. The lowest BCUT2D eigenvalue weighted by molar-refractivity contribution is 0.580. The largest absolute Gasteiger partial charge is 0.197 e. The molecule has 0 N–H and O–H groups in total. The molecule has 0 saturated carbocycles. The van der Waals surface area contributed by atoms with Gasteiger partial charge in [0.05, 0.1) is 11.5 Å². The van der Waals surface area contributed by atoms with Crippen LogP contribution in [0.2, 0.25) is 0 Å². The molecule has 0 unspecified atom stereocenters. The highest BCUT2D eigenvalue weighted by atomic mass is 14.4. The van der Waals surface area contributed by atoms with Gasteiger partial charge in [-0.3, -0.25) is 0 Å². The molecule has 0 spiro atoms. The molecule has 0 radical (unpaired) electrons. The van der Waals surface area contributed by atoms with Gasteiger partial charge in [-0.2, -0.15) is 5.26 Å². The summed E-state index contributed by atoms with van der Waals surface area (Å²) in [6.45, 7) is 6.62. The van der Waals surface area contributed by atoms with Gasteiger partial charge in [-0.05, 0) is 29.4 Å². The van der Waals surface area contributed by atoms with Crippen molar-refractivity contribution >= 4 is 0 Å². The first kappa shape index (κ1) is 11.9. The van der Waals surface area contributed by atoms with E-state index in [1.165, 1.54) is 5.56 Å². The van der Waals surface area contributed by atoms with Crippen molar-refractivity contribution in [1.82, 2.24) is 0 Å². The van der Waals surface area contributed by atoms with Gasteiger partial charge in [0, 0.05) is 0 Å². The fourth-order valence-electron chi connectivity index (χ4n) is 2.33. The molecule has 0 aromatic heterocycles. The zero-order valence-corrected chi connectivity index (χ0v) is 10.8. The summed E-state index contributed by atoms with van der Waals surface area (Å²) in [7, 11) is 0. The Kier molecular flexibility index (Phi) is 2.83. The second-order valence-corrected chi connectivity index (χ2v) is 5.90. The van der Waals surface area contributed by atoms with E-state index in [-0.39, 0.29) is 10.8 Å². The van der Waals surface area contributed by atoms with Gasteiger partial charge in [0.1, 0.15) is 0 Å². The van der Waals surface area contributed by atoms with Crippen molar-refractivity contribution in [2.45, 2.75) is 44.4 Å².